The van der Waals surface area contributed by atoms with Crippen molar-refractivity contribution in [3.63, 3.8) is 0 Å². The molecule has 2 aromatic rings. The summed E-state index contributed by atoms with van der Waals surface area (Å²) in [5.41, 5.74) is -0.833. The Morgan fingerprint density at radius 3 is 2.52 bits per heavy atom. The van der Waals surface area contributed by atoms with Gasteiger partial charge in [0.15, 0.2) is 5.69 Å². The Bertz CT molecular complexity index is 702. The second-order valence-corrected chi connectivity index (χ2v) is 4.45. The van der Waals surface area contributed by atoms with Crippen molar-refractivity contribution in [3.8, 4) is 0 Å². The molecule has 0 aliphatic carbocycles. The minimum atomic E-state index is -4.58. The van der Waals surface area contributed by atoms with Gasteiger partial charge in [-0.25, -0.2) is 9.18 Å². The van der Waals surface area contributed by atoms with Crippen LogP contribution in [0, 0.1) is 5.82 Å². The lowest BCUT2D eigenvalue weighted by Gasteiger charge is -2.09. The quantitative estimate of drug-likeness (QED) is 0.690. The van der Waals surface area contributed by atoms with Gasteiger partial charge in [0, 0.05) is 12.1 Å². The summed E-state index contributed by atoms with van der Waals surface area (Å²) in [6.07, 6.45) is -4.58. The molecule has 0 amide bonds. The van der Waals surface area contributed by atoms with Gasteiger partial charge in [-0.15, -0.1) is 10.2 Å². The summed E-state index contributed by atoms with van der Waals surface area (Å²) in [6.45, 7) is -0.0866. The first-order chi connectivity index (χ1) is 10.8. The lowest BCUT2D eigenvalue weighted by molar-refractivity contribution is -0.141. The highest BCUT2D eigenvalue weighted by Gasteiger charge is 2.32. The number of hydrogen-bond acceptors (Lipinski definition) is 5. The summed E-state index contributed by atoms with van der Waals surface area (Å²) in [6, 6.07) is 5.49. The number of nitrogens with one attached hydrogen (secondary N) is 1. The van der Waals surface area contributed by atoms with Gasteiger partial charge in [0.1, 0.15) is 11.6 Å². The van der Waals surface area contributed by atoms with E-state index in [1.54, 1.807) is 0 Å². The highest BCUT2D eigenvalue weighted by Crippen LogP contribution is 2.27. The molecule has 0 unspecified atom stereocenters. The Kier molecular flexibility index (Phi) is 4.77. The van der Waals surface area contributed by atoms with Crippen molar-refractivity contribution in [3.05, 3.63) is 53.0 Å². The van der Waals surface area contributed by atoms with Crippen LogP contribution < -0.4 is 5.32 Å². The van der Waals surface area contributed by atoms with Crippen LogP contribution in [0.4, 0.5) is 23.4 Å². The van der Waals surface area contributed by atoms with E-state index in [4.69, 9.17) is 0 Å². The van der Waals surface area contributed by atoms with Crippen molar-refractivity contribution < 1.29 is 27.1 Å². The molecule has 0 saturated carbocycles. The molecule has 0 bridgehead atoms. The summed E-state index contributed by atoms with van der Waals surface area (Å²) >= 11 is 0. The van der Waals surface area contributed by atoms with Crippen molar-refractivity contribution in [2.24, 2.45) is 0 Å². The topological polar surface area (TPSA) is 64.1 Å². The zero-order valence-electron chi connectivity index (χ0n) is 11.8. The van der Waals surface area contributed by atoms with Gasteiger partial charge in [-0.05, 0) is 30.3 Å². The Labute approximate surface area is 128 Å². The number of halogens is 4. The zero-order chi connectivity index (χ0) is 17.0. The Morgan fingerprint density at radius 1 is 1.22 bits per heavy atom. The van der Waals surface area contributed by atoms with Gasteiger partial charge in [0.25, 0.3) is 0 Å². The first kappa shape index (κ1) is 16.7. The number of alkyl halides is 3. The maximum absolute atomic E-state index is 13.7. The third-order valence-electron chi connectivity index (χ3n) is 2.88. The van der Waals surface area contributed by atoms with E-state index in [1.165, 1.54) is 19.2 Å². The average molecular weight is 329 g/mol. The lowest BCUT2D eigenvalue weighted by Crippen LogP contribution is -2.11. The fourth-order valence-corrected chi connectivity index (χ4v) is 1.72. The Morgan fingerprint density at radius 2 is 1.96 bits per heavy atom. The molecule has 0 saturated heterocycles. The molecule has 2 rings (SSSR count). The standard InChI is InChI=1S/C14H11F4N3O2/c1-23-13(22)8-2-3-10(15)9(6-8)7-19-12-5-4-11(20-21-12)14(16,17)18/h2-6H,7H2,1H3,(H,19,21). The smallest absolute Gasteiger partial charge is 0.435 e. The van der Waals surface area contributed by atoms with Gasteiger partial charge < -0.3 is 10.1 Å². The fraction of sp³-hybridized carbons (Fsp3) is 0.214. The van der Waals surface area contributed by atoms with E-state index in [0.29, 0.717) is 0 Å². The van der Waals surface area contributed by atoms with E-state index in [1.807, 2.05) is 0 Å². The van der Waals surface area contributed by atoms with Crippen LogP contribution in [0.1, 0.15) is 21.6 Å². The third kappa shape index (κ3) is 4.15. The first-order valence-corrected chi connectivity index (χ1v) is 6.33. The van der Waals surface area contributed by atoms with Crippen molar-refractivity contribution in [1.29, 1.82) is 0 Å². The van der Waals surface area contributed by atoms with Gasteiger partial charge in [0.2, 0.25) is 0 Å². The minimum absolute atomic E-state index is 0.0425. The van der Waals surface area contributed by atoms with Crippen LogP contribution in [-0.4, -0.2) is 23.3 Å². The molecular formula is C14H11F4N3O2. The van der Waals surface area contributed by atoms with Gasteiger partial charge >= 0.3 is 12.1 Å². The van der Waals surface area contributed by atoms with Crippen LogP contribution in [0.5, 0.6) is 0 Å². The highest BCUT2D eigenvalue weighted by atomic mass is 19.4. The van der Waals surface area contributed by atoms with Crippen LogP contribution in [0.15, 0.2) is 30.3 Å². The van der Waals surface area contributed by atoms with Crippen molar-refractivity contribution in [1.82, 2.24) is 10.2 Å². The van der Waals surface area contributed by atoms with Gasteiger partial charge in [-0.1, -0.05) is 0 Å². The predicted molar refractivity (Wildman–Crippen MR) is 72.1 cm³/mol. The number of rotatable bonds is 4. The molecule has 1 aromatic heterocycles. The second kappa shape index (κ2) is 6.59. The molecular weight excluding hydrogens is 318 g/mol. The largest absolute Gasteiger partial charge is 0.465 e. The molecule has 1 N–H and O–H groups in total. The molecule has 23 heavy (non-hydrogen) atoms. The molecule has 0 radical (unpaired) electrons. The van der Waals surface area contributed by atoms with Crippen molar-refractivity contribution in [2.75, 3.05) is 12.4 Å². The number of hydrogen-bond donors (Lipinski definition) is 1. The monoisotopic (exact) mass is 329 g/mol. The molecule has 1 heterocycles. The van der Waals surface area contributed by atoms with Crippen LogP contribution in [0.2, 0.25) is 0 Å². The van der Waals surface area contributed by atoms with Crippen LogP contribution >= 0.6 is 0 Å². The number of carbonyl (C=O) groups is 1. The van der Waals surface area contributed by atoms with E-state index in [0.717, 1.165) is 18.2 Å². The van der Waals surface area contributed by atoms with Crippen molar-refractivity contribution >= 4 is 11.8 Å². The molecule has 0 aliphatic heterocycles. The first-order valence-electron chi connectivity index (χ1n) is 6.33. The highest BCUT2D eigenvalue weighted by molar-refractivity contribution is 5.89. The SMILES string of the molecule is COC(=O)c1ccc(F)c(CNc2ccc(C(F)(F)F)nn2)c1. The Balaban J connectivity index is 2.10. The van der Waals surface area contributed by atoms with E-state index in [9.17, 15) is 22.4 Å². The molecule has 0 aliphatic rings. The second-order valence-electron chi connectivity index (χ2n) is 4.45. The number of carbonyl (C=O) groups excluding carboxylic acids is 1. The van der Waals surface area contributed by atoms with E-state index >= 15 is 0 Å². The summed E-state index contributed by atoms with van der Waals surface area (Å²) in [4.78, 5) is 11.4. The molecule has 0 atom stereocenters. The lowest BCUT2D eigenvalue weighted by atomic mass is 10.1. The normalized spacial score (nSPS) is 11.2. The number of nitrogens with zero attached hydrogens (tertiary/aromatic N) is 2. The summed E-state index contributed by atoms with van der Waals surface area (Å²) in [7, 11) is 1.20. The molecule has 0 spiro atoms. The molecule has 122 valence electrons. The maximum Gasteiger partial charge on any atom is 0.435 e. The summed E-state index contributed by atoms with van der Waals surface area (Å²) < 4.78 is 55.3. The Hall–Kier alpha value is -2.71. The molecule has 1 aromatic carbocycles. The minimum Gasteiger partial charge on any atom is -0.465 e. The van der Waals surface area contributed by atoms with Crippen LogP contribution in [-0.2, 0) is 17.5 Å². The molecule has 9 heteroatoms. The van der Waals surface area contributed by atoms with E-state index < -0.39 is 23.7 Å². The predicted octanol–water partition coefficient (Wildman–Crippen LogP) is 3.03. The third-order valence-corrected chi connectivity index (χ3v) is 2.88. The number of aromatic nitrogens is 2. The number of esters is 1. The summed E-state index contributed by atoms with van der Waals surface area (Å²) in [5.74, 6) is -1.16. The number of benzene rings is 1. The number of ether oxygens (including phenoxy) is 1. The van der Waals surface area contributed by atoms with Crippen LogP contribution in [0.3, 0.4) is 0 Å². The number of anilines is 1. The van der Waals surface area contributed by atoms with E-state index in [2.05, 4.69) is 20.3 Å². The molecule has 5 nitrogen and oxygen atoms in total. The number of methoxy groups -OCH3 is 1. The maximum atomic E-state index is 13.7. The fourth-order valence-electron chi connectivity index (χ4n) is 1.72. The summed E-state index contributed by atoms with van der Waals surface area (Å²) in [5, 5.41) is 9.04. The average Bonchev–Trinajstić information content (AvgIpc) is 2.53. The van der Waals surface area contributed by atoms with Crippen molar-refractivity contribution in [2.45, 2.75) is 12.7 Å². The van der Waals surface area contributed by atoms with Gasteiger partial charge in [-0.2, -0.15) is 13.2 Å². The zero-order valence-corrected chi connectivity index (χ0v) is 11.8. The van der Waals surface area contributed by atoms with Gasteiger partial charge in [-0.3, -0.25) is 0 Å². The van der Waals surface area contributed by atoms with Crippen LogP contribution in [0.25, 0.3) is 0 Å². The molecule has 0 fully saturated rings. The van der Waals surface area contributed by atoms with E-state index in [-0.39, 0.29) is 23.5 Å². The van der Waals surface area contributed by atoms with Gasteiger partial charge in [0.05, 0.1) is 12.7 Å².